The second-order valence-electron chi connectivity index (χ2n) is 6.00. The minimum atomic E-state index is -0.416. The first-order valence-corrected chi connectivity index (χ1v) is 7.89. The number of aromatic nitrogens is 2. The van der Waals surface area contributed by atoms with E-state index in [2.05, 4.69) is 31.2 Å². The number of hydrogen-bond donors (Lipinski definition) is 3. The minimum Gasteiger partial charge on any atom is -0.396 e. The topological polar surface area (TPSA) is 101 Å². The van der Waals surface area contributed by atoms with Crippen molar-refractivity contribution in [3.05, 3.63) is 40.6 Å². The van der Waals surface area contributed by atoms with Crippen molar-refractivity contribution in [1.29, 1.82) is 0 Å². The molecule has 2 rings (SSSR count). The lowest BCUT2D eigenvalue weighted by Crippen LogP contribution is -2.36. The molecule has 0 radical (unpaired) electrons. The van der Waals surface area contributed by atoms with E-state index in [-0.39, 0.29) is 18.1 Å². The predicted octanol–water partition coefficient (Wildman–Crippen LogP) is 2.24. The number of nitrogens with zero attached hydrogens (tertiary/aromatic N) is 2. The van der Waals surface area contributed by atoms with Gasteiger partial charge in [-0.25, -0.2) is 9.97 Å². The number of aliphatic hydroxyl groups excluding tert-OH is 1. The summed E-state index contributed by atoms with van der Waals surface area (Å²) < 4.78 is 0.953. The van der Waals surface area contributed by atoms with Gasteiger partial charge in [0.2, 0.25) is 0 Å². The van der Waals surface area contributed by atoms with Crippen LogP contribution in [0.25, 0.3) is 11.3 Å². The van der Waals surface area contributed by atoms with Gasteiger partial charge in [-0.3, -0.25) is 4.79 Å². The number of halogens is 1. The van der Waals surface area contributed by atoms with E-state index in [9.17, 15) is 9.90 Å². The number of nitrogens with one attached hydrogen (secondary N) is 1. The molecular formula is C16H19BrN4O2. The van der Waals surface area contributed by atoms with Gasteiger partial charge in [0.25, 0.3) is 5.91 Å². The highest BCUT2D eigenvalue weighted by molar-refractivity contribution is 9.10. The van der Waals surface area contributed by atoms with Crippen LogP contribution in [-0.4, -0.2) is 34.1 Å². The molecule has 1 amide bonds. The number of carbonyl (C=O) groups is 1. The lowest BCUT2D eigenvalue weighted by atomic mass is 9.95. The summed E-state index contributed by atoms with van der Waals surface area (Å²) >= 11 is 3.37. The average molecular weight is 379 g/mol. The van der Waals surface area contributed by atoms with E-state index in [1.165, 1.54) is 6.20 Å². The Morgan fingerprint density at radius 2 is 2.00 bits per heavy atom. The van der Waals surface area contributed by atoms with Gasteiger partial charge in [-0.05, 0) is 12.1 Å². The zero-order chi connectivity index (χ0) is 17.0. The first kappa shape index (κ1) is 17.4. The molecule has 0 atom stereocenters. The Labute approximate surface area is 143 Å². The van der Waals surface area contributed by atoms with Crippen LogP contribution in [0.1, 0.15) is 24.3 Å². The molecule has 0 aliphatic heterocycles. The maximum Gasteiger partial charge on any atom is 0.273 e. The quantitative estimate of drug-likeness (QED) is 0.740. The number of anilines is 1. The molecule has 1 aromatic carbocycles. The van der Waals surface area contributed by atoms with E-state index in [0.717, 1.165) is 10.0 Å². The number of nitrogen functional groups attached to an aromatic ring is 1. The van der Waals surface area contributed by atoms with Crippen LogP contribution in [0, 0.1) is 5.41 Å². The second-order valence-corrected chi connectivity index (χ2v) is 6.92. The van der Waals surface area contributed by atoms with Gasteiger partial charge in [-0.2, -0.15) is 0 Å². The molecular weight excluding hydrogens is 360 g/mol. The summed E-state index contributed by atoms with van der Waals surface area (Å²) in [4.78, 5) is 20.7. The standard InChI is InChI=1S/C16H19BrN4O2/c1-16(2,9-22)8-20-15(23)13-14(18)19-7-12(21-13)10-3-5-11(17)6-4-10/h3-7,22H,8-9H2,1-2H3,(H2,18,19)(H,20,23). The highest BCUT2D eigenvalue weighted by atomic mass is 79.9. The van der Waals surface area contributed by atoms with Gasteiger partial charge in [-0.15, -0.1) is 0 Å². The molecule has 0 spiro atoms. The fraction of sp³-hybridized carbons (Fsp3) is 0.312. The van der Waals surface area contributed by atoms with E-state index < -0.39 is 11.3 Å². The molecule has 1 aromatic heterocycles. The highest BCUT2D eigenvalue weighted by Gasteiger charge is 2.20. The largest absolute Gasteiger partial charge is 0.396 e. The van der Waals surface area contributed by atoms with Crippen LogP contribution >= 0.6 is 15.9 Å². The minimum absolute atomic E-state index is 0.0344. The number of carbonyl (C=O) groups excluding carboxylic acids is 1. The number of nitrogens with two attached hydrogens (primary N) is 1. The molecule has 0 aliphatic carbocycles. The third-order valence-electron chi connectivity index (χ3n) is 3.31. The SMILES string of the molecule is CC(C)(CO)CNC(=O)c1nc(-c2ccc(Br)cc2)cnc1N. The van der Waals surface area contributed by atoms with E-state index >= 15 is 0 Å². The first-order chi connectivity index (χ1) is 10.8. The van der Waals surface area contributed by atoms with Crippen LogP contribution in [0.4, 0.5) is 5.82 Å². The van der Waals surface area contributed by atoms with Crippen LogP contribution in [0.5, 0.6) is 0 Å². The van der Waals surface area contributed by atoms with Gasteiger partial charge in [0.15, 0.2) is 11.5 Å². The summed E-state index contributed by atoms with van der Waals surface area (Å²) in [5.74, 6) is -0.333. The van der Waals surface area contributed by atoms with Crippen LogP contribution in [0.2, 0.25) is 0 Å². The summed E-state index contributed by atoms with van der Waals surface area (Å²) in [5.41, 5.74) is 6.85. The Bertz CT molecular complexity index is 702. The maximum absolute atomic E-state index is 12.3. The zero-order valence-corrected chi connectivity index (χ0v) is 14.6. The van der Waals surface area contributed by atoms with Crippen LogP contribution in [0.3, 0.4) is 0 Å². The Morgan fingerprint density at radius 1 is 1.35 bits per heavy atom. The molecule has 122 valence electrons. The van der Waals surface area contributed by atoms with Gasteiger partial charge in [-0.1, -0.05) is 41.9 Å². The van der Waals surface area contributed by atoms with Crippen molar-refractivity contribution in [1.82, 2.24) is 15.3 Å². The Hall–Kier alpha value is -1.99. The fourth-order valence-corrected chi connectivity index (χ4v) is 2.05. The van der Waals surface area contributed by atoms with Crippen molar-refractivity contribution in [2.24, 2.45) is 5.41 Å². The van der Waals surface area contributed by atoms with E-state index in [0.29, 0.717) is 12.2 Å². The average Bonchev–Trinajstić information content (AvgIpc) is 2.54. The van der Waals surface area contributed by atoms with E-state index in [4.69, 9.17) is 5.73 Å². The van der Waals surface area contributed by atoms with E-state index in [1.54, 1.807) is 0 Å². The lowest BCUT2D eigenvalue weighted by Gasteiger charge is -2.21. The van der Waals surface area contributed by atoms with Crippen LogP contribution < -0.4 is 11.1 Å². The molecule has 0 fully saturated rings. The zero-order valence-electron chi connectivity index (χ0n) is 13.0. The Morgan fingerprint density at radius 3 is 2.61 bits per heavy atom. The normalized spacial score (nSPS) is 11.3. The third kappa shape index (κ3) is 4.49. The molecule has 7 heteroatoms. The summed E-state index contributed by atoms with van der Waals surface area (Å²) in [5, 5.41) is 12.0. The second kappa shape index (κ2) is 7.06. The number of aliphatic hydroxyl groups is 1. The molecule has 0 aliphatic rings. The monoisotopic (exact) mass is 378 g/mol. The fourth-order valence-electron chi connectivity index (χ4n) is 1.78. The van der Waals surface area contributed by atoms with Crippen molar-refractivity contribution in [3.63, 3.8) is 0 Å². The smallest absolute Gasteiger partial charge is 0.273 e. The Balaban J connectivity index is 2.23. The van der Waals surface area contributed by atoms with E-state index in [1.807, 2.05) is 38.1 Å². The van der Waals surface area contributed by atoms with Crippen LogP contribution in [0.15, 0.2) is 34.9 Å². The molecule has 1 heterocycles. The maximum atomic E-state index is 12.3. The molecule has 0 saturated heterocycles. The third-order valence-corrected chi connectivity index (χ3v) is 3.84. The predicted molar refractivity (Wildman–Crippen MR) is 92.8 cm³/mol. The molecule has 0 saturated carbocycles. The number of hydrogen-bond acceptors (Lipinski definition) is 5. The van der Waals surface area contributed by atoms with Crippen molar-refractivity contribution < 1.29 is 9.90 Å². The van der Waals surface area contributed by atoms with Crippen molar-refractivity contribution >= 4 is 27.7 Å². The van der Waals surface area contributed by atoms with Gasteiger partial charge in [0.1, 0.15) is 0 Å². The van der Waals surface area contributed by atoms with Crippen molar-refractivity contribution in [2.75, 3.05) is 18.9 Å². The van der Waals surface area contributed by atoms with Gasteiger partial charge < -0.3 is 16.2 Å². The molecule has 2 aromatic rings. The first-order valence-electron chi connectivity index (χ1n) is 7.10. The molecule has 6 nitrogen and oxygen atoms in total. The number of rotatable bonds is 5. The van der Waals surface area contributed by atoms with Gasteiger partial charge in [0.05, 0.1) is 11.9 Å². The highest BCUT2D eigenvalue weighted by Crippen LogP contribution is 2.21. The van der Waals surface area contributed by atoms with Crippen molar-refractivity contribution in [2.45, 2.75) is 13.8 Å². The summed E-state index contributed by atoms with van der Waals surface area (Å²) in [7, 11) is 0. The van der Waals surface area contributed by atoms with Gasteiger partial charge in [0, 0.05) is 28.6 Å². The Kier molecular flexibility index (Phi) is 5.33. The molecule has 4 N–H and O–H groups in total. The summed E-state index contributed by atoms with van der Waals surface area (Å²) in [6.07, 6.45) is 1.53. The summed E-state index contributed by atoms with van der Waals surface area (Å²) in [6, 6.07) is 7.52. The number of benzene rings is 1. The van der Waals surface area contributed by atoms with Gasteiger partial charge >= 0.3 is 0 Å². The molecule has 0 bridgehead atoms. The van der Waals surface area contributed by atoms with Crippen molar-refractivity contribution in [3.8, 4) is 11.3 Å². The molecule has 0 unspecified atom stereocenters. The van der Waals surface area contributed by atoms with Crippen LogP contribution in [-0.2, 0) is 0 Å². The number of amides is 1. The molecule has 23 heavy (non-hydrogen) atoms. The lowest BCUT2D eigenvalue weighted by molar-refractivity contribution is 0.0907. The summed E-state index contributed by atoms with van der Waals surface area (Å²) in [6.45, 7) is 3.97.